The summed E-state index contributed by atoms with van der Waals surface area (Å²) in [5, 5.41) is 8.79. The molecule has 0 radical (unpaired) electrons. The van der Waals surface area contributed by atoms with E-state index in [0.29, 0.717) is 31.1 Å². The zero-order valence-corrected chi connectivity index (χ0v) is 19.6. The molecule has 0 spiro atoms. The van der Waals surface area contributed by atoms with Crippen molar-refractivity contribution in [1.29, 1.82) is 0 Å². The minimum absolute atomic E-state index is 0.359. The molecule has 0 atom stereocenters. The maximum atomic E-state index is 5.47. The van der Waals surface area contributed by atoms with Crippen LogP contribution in [0.1, 0.15) is 11.3 Å². The maximum absolute atomic E-state index is 5.47. The molecule has 4 aromatic rings. The van der Waals surface area contributed by atoms with Gasteiger partial charge in [0.05, 0.1) is 19.4 Å². The smallest absolute Gasteiger partial charge is 0.250 e. The van der Waals surface area contributed by atoms with E-state index in [9.17, 15) is 0 Å². The van der Waals surface area contributed by atoms with Gasteiger partial charge in [-0.2, -0.15) is 20.1 Å². The van der Waals surface area contributed by atoms with Crippen LogP contribution in [0.5, 0.6) is 0 Å². The summed E-state index contributed by atoms with van der Waals surface area (Å²) in [5.41, 5.74) is 6.99. The summed E-state index contributed by atoms with van der Waals surface area (Å²) in [7, 11) is 0. The van der Waals surface area contributed by atoms with E-state index in [1.165, 1.54) is 0 Å². The molecule has 168 valence electrons. The highest BCUT2D eigenvalue weighted by Gasteiger charge is 2.17. The number of H-pyrrole nitrogens is 1. The third kappa shape index (κ3) is 4.96. The number of anilines is 4. The van der Waals surface area contributed by atoms with Crippen molar-refractivity contribution in [2.24, 2.45) is 5.10 Å². The van der Waals surface area contributed by atoms with Crippen LogP contribution in [0.15, 0.2) is 58.1 Å². The molecule has 33 heavy (non-hydrogen) atoms. The number of hydrazone groups is 1. The number of hydrogen-bond acceptors (Lipinski definition) is 8. The van der Waals surface area contributed by atoms with E-state index in [1.807, 2.05) is 49.4 Å². The standard InChI is InChI=1S/C23H23BrN8O/c1-15-19(18-7-2-3-8-20(18)26-15)14-25-31-22-28-21(27-17-6-4-5-16(24)13-17)29-23(30-22)32-9-11-33-12-10-32/h2-8,13-14,26H,9-12H2,1H3,(H2,27,28,29,30,31)/b25-14+. The van der Waals surface area contributed by atoms with Crippen LogP contribution in [0.2, 0.25) is 0 Å². The molecule has 9 nitrogen and oxygen atoms in total. The fourth-order valence-electron chi connectivity index (χ4n) is 3.69. The van der Waals surface area contributed by atoms with Crippen LogP contribution < -0.4 is 15.6 Å². The summed E-state index contributed by atoms with van der Waals surface area (Å²) in [6, 6.07) is 16.0. The van der Waals surface area contributed by atoms with Crippen molar-refractivity contribution in [2.45, 2.75) is 6.92 Å². The molecular weight excluding hydrogens is 484 g/mol. The summed E-state index contributed by atoms with van der Waals surface area (Å²) in [4.78, 5) is 19.2. The lowest BCUT2D eigenvalue weighted by molar-refractivity contribution is 0.122. The third-order valence-electron chi connectivity index (χ3n) is 5.30. The molecule has 0 amide bonds. The van der Waals surface area contributed by atoms with Gasteiger partial charge in [-0.15, -0.1) is 0 Å². The molecule has 2 aromatic heterocycles. The number of aromatic nitrogens is 4. The first kappa shape index (κ1) is 21.4. The summed E-state index contributed by atoms with van der Waals surface area (Å²) in [6.45, 7) is 4.75. The van der Waals surface area contributed by atoms with Gasteiger partial charge >= 0.3 is 0 Å². The Morgan fingerprint density at radius 2 is 1.88 bits per heavy atom. The number of nitrogens with zero attached hydrogens (tertiary/aromatic N) is 5. The number of aryl methyl sites for hydroxylation is 1. The second-order valence-electron chi connectivity index (χ2n) is 7.60. The molecule has 2 aromatic carbocycles. The van der Waals surface area contributed by atoms with E-state index >= 15 is 0 Å². The van der Waals surface area contributed by atoms with Gasteiger partial charge < -0.3 is 19.9 Å². The lowest BCUT2D eigenvalue weighted by Crippen LogP contribution is -2.37. The first-order valence-electron chi connectivity index (χ1n) is 10.6. The monoisotopic (exact) mass is 506 g/mol. The number of fused-ring (bicyclic) bond motifs is 1. The molecule has 3 heterocycles. The van der Waals surface area contributed by atoms with Crippen LogP contribution in [-0.2, 0) is 4.74 Å². The summed E-state index contributed by atoms with van der Waals surface area (Å²) >= 11 is 3.49. The van der Waals surface area contributed by atoms with E-state index in [2.05, 4.69) is 62.7 Å². The van der Waals surface area contributed by atoms with Gasteiger partial charge in [-0.1, -0.05) is 40.2 Å². The van der Waals surface area contributed by atoms with Crippen molar-refractivity contribution in [1.82, 2.24) is 19.9 Å². The molecule has 0 aliphatic carbocycles. The van der Waals surface area contributed by atoms with Gasteiger partial charge in [0.2, 0.25) is 17.8 Å². The van der Waals surface area contributed by atoms with E-state index in [0.717, 1.165) is 45.4 Å². The van der Waals surface area contributed by atoms with Crippen LogP contribution in [0, 0.1) is 6.92 Å². The Hall–Kier alpha value is -3.50. The number of ether oxygens (including phenoxy) is 1. The highest BCUT2D eigenvalue weighted by Crippen LogP contribution is 2.22. The number of morpholine rings is 1. The fraction of sp³-hybridized carbons (Fsp3) is 0.217. The summed E-state index contributed by atoms with van der Waals surface area (Å²) in [5.74, 6) is 1.37. The first-order chi connectivity index (χ1) is 16.2. The van der Waals surface area contributed by atoms with Gasteiger partial charge in [-0.3, -0.25) is 0 Å². The second kappa shape index (κ2) is 9.55. The molecule has 0 unspecified atom stereocenters. The zero-order chi connectivity index (χ0) is 22.6. The molecule has 3 N–H and O–H groups in total. The SMILES string of the molecule is Cc1[nH]c2ccccc2c1/C=N/Nc1nc(Nc2cccc(Br)c2)nc(N2CCOCC2)n1. The van der Waals surface area contributed by atoms with Crippen molar-refractivity contribution >= 4 is 56.6 Å². The summed E-state index contributed by atoms with van der Waals surface area (Å²) in [6.07, 6.45) is 1.79. The molecule has 1 aliphatic heterocycles. The first-order valence-corrected chi connectivity index (χ1v) is 11.4. The van der Waals surface area contributed by atoms with Gasteiger partial charge in [-0.25, -0.2) is 5.43 Å². The fourth-order valence-corrected chi connectivity index (χ4v) is 4.09. The van der Waals surface area contributed by atoms with Crippen molar-refractivity contribution < 1.29 is 4.74 Å². The second-order valence-corrected chi connectivity index (χ2v) is 8.51. The van der Waals surface area contributed by atoms with E-state index in [-0.39, 0.29) is 0 Å². The third-order valence-corrected chi connectivity index (χ3v) is 5.79. The Morgan fingerprint density at radius 1 is 1.06 bits per heavy atom. The van der Waals surface area contributed by atoms with Gasteiger partial charge in [0.1, 0.15) is 0 Å². The molecule has 1 fully saturated rings. The number of para-hydroxylation sites is 1. The highest BCUT2D eigenvalue weighted by molar-refractivity contribution is 9.10. The Balaban J connectivity index is 1.42. The normalized spacial score (nSPS) is 14.2. The minimum atomic E-state index is 0.359. The predicted molar refractivity (Wildman–Crippen MR) is 135 cm³/mol. The van der Waals surface area contributed by atoms with Crippen molar-refractivity contribution in [3.63, 3.8) is 0 Å². The number of hydrogen-bond donors (Lipinski definition) is 3. The molecule has 0 saturated carbocycles. The van der Waals surface area contributed by atoms with Crippen LogP contribution >= 0.6 is 15.9 Å². The van der Waals surface area contributed by atoms with Crippen LogP contribution in [0.25, 0.3) is 10.9 Å². The van der Waals surface area contributed by atoms with Crippen molar-refractivity contribution in [3.05, 3.63) is 64.3 Å². The average molecular weight is 507 g/mol. The highest BCUT2D eigenvalue weighted by atomic mass is 79.9. The number of benzene rings is 2. The Labute approximate surface area is 199 Å². The van der Waals surface area contributed by atoms with Crippen LogP contribution in [-0.4, -0.2) is 52.5 Å². The molecule has 1 aliphatic rings. The van der Waals surface area contributed by atoms with Gasteiger partial charge in [-0.05, 0) is 31.2 Å². The van der Waals surface area contributed by atoms with Gasteiger partial charge in [0.15, 0.2) is 0 Å². The lowest BCUT2D eigenvalue weighted by atomic mass is 10.1. The quantitative estimate of drug-likeness (QED) is 0.262. The summed E-state index contributed by atoms with van der Waals surface area (Å²) < 4.78 is 6.43. The van der Waals surface area contributed by atoms with Crippen LogP contribution in [0.4, 0.5) is 23.5 Å². The largest absolute Gasteiger partial charge is 0.378 e. The van der Waals surface area contributed by atoms with Gasteiger partial charge in [0.25, 0.3) is 0 Å². The molecule has 0 bridgehead atoms. The Bertz CT molecular complexity index is 1300. The lowest BCUT2D eigenvalue weighted by Gasteiger charge is -2.27. The van der Waals surface area contributed by atoms with Crippen molar-refractivity contribution in [3.8, 4) is 0 Å². The zero-order valence-electron chi connectivity index (χ0n) is 18.0. The molecular formula is C23H23BrN8O. The Kier molecular flexibility index (Phi) is 6.18. The minimum Gasteiger partial charge on any atom is -0.378 e. The molecule has 10 heteroatoms. The number of nitrogens with one attached hydrogen (secondary N) is 3. The average Bonchev–Trinajstić information content (AvgIpc) is 3.15. The molecule has 5 rings (SSSR count). The number of halogens is 1. The molecule has 1 saturated heterocycles. The van der Waals surface area contributed by atoms with Gasteiger partial charge in [0, 0.05) is 45.4 Å². The van der Waals surface area contributed by atoms with E-state index < -0.39 is 0 Å². The van der Waals surface area contributed by atoms with Crippen LogP contribution in [0.3, 0.4) is 0 Å². The topological polar surface area (TPSA) is 103 Å². The van der Waals surface area contributed by atoms with Crippen molar-refractivity contribution in [2.75, 3.05) is 41.9 Å². The Morgan fingerprint density at radius 3 is 2.73 bits per heavy atom. The maximum Gasteiger partial charge on any atom is 0.250 e. The predicted octanol–water partition coefficient (Wildman–Crippen LogP) is 4.45. The van der Waals surface area contributed by atoms with E-state index in [1.54, 1.807) is 6.21 Å². The number of aromatic amines is 1. The number of rotatable bonds is 6. The van der Waals surface area contributed by atoms with E-state index in [4.69, 9.17) is 4.74 Å².